The number of carbonyl (C=O) groups is 2. The zero-order valence-corrected chi connectivity index (χ0v) is 26.3. The average molecular weight is 667 g/mol. The summed E-state index contributed by atoms with van der Waals surface area (Å²) >= 11 is 3.41. The number of hydrogen-bond acceptors (Lipinski definition) is 8. The van der Waals surface area contributed by atoms with Crippen LogP contribution in [0.2, 0.25) is 0 Å². The number of aliphatic hydroxyl groups excluding tert-OH is 1. The predicted molar refractivity (Wildman–Crippen MR) is 162 cm³/mol. The van der Waals surface area contributed by atoms with Crippen LogP contribution in [0, 0.1) is 11.7 Å². The zero-order valence-electron chi connectivity index (χ0n) is 24.8. The van der Waals surface area contributed by atoms with Crippen LogP contribution in [0.25, 0.3) is 0 Å². The van der Waals surface area contributed by atoms with E-state index in [9.17, 15) is 19.1 Å². The molecule has 3 N–H and O–H groups in total. The Balaban J connectivity index is 0.00000248. The summed E-state index contributed by atoms with van der Waals surface area (Å²) in [6.45, 7) is 11.8. The molecule has 236 valence electrons. The van der Waals surface area contributed by atoms with Gasteiger partial charge in [-0.2, -0.15) is 0 Å². The fourth-order valence-corrected chi connectivity index (χ4v) is 5.06. The average Bonchev–Trinajstić information content (AvgIpc) is 3.56. The maximum absolute atomic E-state index is 14.6. The highest BCUT2D eigenvalue weighted by Crippen LogP contribution is 2.33. The molecule has 0 saturated carbocycles. The molecule has 2 aromatic carbocycles. The van der Waals surface area contributed by atoms with Gasteiger partial charge in [0.2, 0.25) is 0 Å². The minimum absolute atomic E-state index is 0.0559. The maximum atomic E-state index is 14.6. The first-order chi connectivity index (χ1) is 20.5. The minimum Gasteiger partial charge on any atom is -0.444 e. The molecule has 0 radical (unpaired) electrons. The first kappa shape index (κ1) is 34.5. The van der Waals surface area contributed by atoms with Crippen molar-refractivity contribution in [1.29, 1.82) is 0 Å². The first-order valence-corrected chi connectivity index (χ1v) is 14.9. The first-order valence-electron chi connectivity index (χ1n) is 14.1. The number of halogens is 2. The predicted octanol–water partition coefficient (Wildman–Crippen LogP) is 5.09. The standard InChI is InChI=1S/C29H37BrFN3O7.C2H4/c1-29(2,3)41-27(36)32-23(14-18-8-10-20(30)11-9-18)24(35)16-34(15-19-6-4-5-7-22(19)31)33-28(37)40-25-17-39-26-21(25)12-13-38-26;1-2/h4-11,21,23-26,35H,12-17H2,1-3H3,(H,32,36)(H,33,37);1-2H2/t21?,23-,24?,25?,26?;/m0./s1. The van der Waals surface area contributed by atoms with Crippen molar-refractivity contribution < 1.29 is 38.0 Å². The molecule has 10 nitrogen and oxygen atoms in total. The van der Waals surface area contributed by atoms with Gasteiger partial charge in [0, 0.05) is 23.1 Å². The van der Waals surface area contributed by atoms with Crippen molar-refractivity contribution in [3.63, 3.8) is 0 Å². The molecule has 2 aliphatic heterocycles. The van der Waals surface area contributed by atoms with Crippen LogP contribution in [0.4, 0.5) is 14.0 Å². The third-order valence-electron chi connectivity index (χ3n) is 6.75. The van der Waals surface area contributed by atoms with E-state index >= 15 is 0 Å². The van der Waals surface area contributed by atoms with Gasteiger partial charge in [0.25, 0.3) is 0 Å². The molecule has 2 saturated heterocycles. The monoisotopic (exact) mass is 665 g/mol. The summed E-state index contributed by atoms with van der Waals surface area (Å²) in [7, 11) is 0. The van der Waals surface area contributed by atoms with E-state index in [1.807, 2.05) is 24.3 Å². The summed E-state index contributed by atoms with van der Waals surface area (Å²) in [5.74, 6) is -0.518. The largest absolute Gasteiger partial charge is 0.444 e. The van der Waals surface area contributed by atoms with Crippen LogP contribution in [0.15, 0.2) is 66.2 Å². The number of aliphatic hydroxyl groups is 1. The molecule has 4 rings (SSSR count). The molecule has 4 unspecified atom stereocenters. The Bertz CT molecular complexity index is 1200. The number of ether oxygens (including phenoxy) is 4. The van der Waals surface area contributed by atoms with Gasteiger partial charge in [-0.15, -0.1) is 13.2 Å². The number of benzene rings is 2. The lowest BCUT2D eigenvalue weighted by atomic mass is 10.0. The van der Waals surface area contributed by atoms with Gasteiger partial charge < -0.3 is 29.4 Å². The summed E-state index contributed by atoms with van der Waals surface area (Å²) in [4.78, 5) is 25.6. The van der Waals surface area contributed by atoms with Crippen molar-refractivity contribution in [2.45, 2.75) is 70.3 Å². The Morgan fingerprint density at radius 1 is 1.14 bits per heavy atom. The smallest absolute Gasteiger partial charge is 0.422 e. The fourth-order valence-electron chi connectivity index (χ4n) is 4.79. The normalized spacial score (nSPS) is 20.8. The number of rotatable bonds is 10. The Morgan fingerprint density at radius 2 is 1.84 bits per heavy atom. The van der Waals surface area contributed by atoms with Gasteiger partial charge in [0.15, 0.2) is 6.29 Å². The lowest BCUT2D eigenvalue weighted by molar-refractivity contribution is -0.0907. The number of fused-ring (bicyclic) bond motifs is 1. The molecular weight excluding hydrogens is 625 g/mol. The fraction of sp³-hybridized carbons (Fsp3) is 0.484. The van der Waals surface area contributed by atoms with Crippen LogP contribution in [0.5, 0.6) is 0 Å². The number of alkyl carbamates (subject to hydrolysis) is 1. The highest BCUT2D eigenvalue weighted by atomic mass is 79.9. The van der Waals surface area contributed by atoms with Crippen LogP contribution in [-0.4, -0.2) is 72.2 Å². The molecule has 0 aliphatic carbocycles. The van der Waals surface area contributed by atoms with E-state index in [-0.39, 0.29) is 38.3 Å². The molecule has 0 spiro atoms. The number of amides is 2. The second-order valence-corrected chi connectivity index (χ2v) is 12.1. The summed E-state index contributed by atoms with van der Waals surface area (Å²) in [5, 5.41) is 15.5. The van der Waals surface area contributed by atoms with Gasteiger partial charge in [-0.3, -0.25) is 5.43 Å². The van der Waals surface area contributed by atoms with Crippen molar-refractivity contribution >= 4 is 28.1 Å². The minimum atomic E-state index is -1.19. The SMILES string of the molecule is C=C.CC(C)(C)OC(=O)N[C@@H](Cc1ccc(Br)cc1)C(O)CN(Cc1ccccc1F)NC(=O)OC1COC2OCCC12. The molecule has 0 bridgehead atoms. The van der Waals surface area contributed by atoms with E-state index in [2.05, 4.69) is 39.8 Å². The van der Waals surface area contributed by atoms with E-state index in [1.54, 1.807) is 39.0 Å². The van der Waals surface area contributed by atoms with Crippen LogP contribution >= 0.6 is 15.9 Å². The summed E-state index contributed by atoms with van der Waals surface area (Å²) < 4.78 is 37.5. The van der Waals surface area contributed by atoms with E-state index < -0.39 is 41.9 Å². The second-order valence-electron chi connectivity index (χ2n) is 11.2. The Morgan fingerprint density at radius 3 is 2.51 bits per heavy atom. The molecule has 2 fully saturated rings. The summed E-state index contributed by atoms with van der Waals surface area (Å²) in [5.41, 5.74) is 3.06. The lowest BCUT2D eigenvalue weighted by Crippen LogP contribution is -2.54. The van der Waals surface area contributed by atoms with Gasteiger partial charge in [-0.05, 0) is 57.4 Å². The molecule has 2 aliphatic rings. The van der Waals surface area contributed by atoms with E-state index in [0.29, 0.717) is 18.6 Å². The van der Waals surface area contributed by atoms with Crippen molar-refractivity contribution in [1.82, 2.24) is 15.8 Å². The number of nitrogens with one attached hydrogen (secondary N) is 2. The third kappa shape index (κ3) is 10.9. The zero-order chi connectivity index (χ0) is 31.6. The van der Waals surface area contributed by atoms with Crippen LogP contribution in [0.3, 0.4) is 0 Å². The van der Waals surface area contributed by atoms with Crippen molar-refractivity contribution in [3.8, 4) is 0 Å². The lowest BCUT2D eigenvalue weighted by Gasteiger charge is -2.31. The van der Waals surface area contributed by atoms with Crippen LogP contribution in [0.1, 0.15) is 38.3 Å². The van der Waals surface area contributed by atoms with Gasteiger partial charge in [-0.1, -0.05) is 46.3 Å². The van der Waals surface area contributed by atoms with Crippen LogP contribution < -0.4 is 10.7 Å². The van der Waals surface area contributed by atoms with Crippen molar-refractivity contribution in [2.24, 2.45) is 5.92 Å². The second kappa shape index (κ2) is 16.2. The Kier molecular flexibility index (Phi) is 12.9. The maximum Gasteiger partial charge on any atom is 0.422 e. The topological polar surface area (TPSA) is 119 Å². The Hall–Kier alpha value is -3.03. The number of nitrogens with zero attached hydrogens (tertiary/aromatic N) is 1. The molecule has 0 aromatic heterocycles. The van der Waals surface area contributed by atoms with Gasteiger partial charge in [0.05, 0.1) is 31.3 Å². The van der Waals surface area contributed by atoms with E-state index in [4.69, 9.17) is 18.9 Å². The quantitative estimate of drug-likeness (QED) is 0.237. The van der Waals surface area contributed by atoms with E-state index in [0.717, 1.165) is 10.0 Å². The molecular formula is C31H41BrFN3O7. The molecule has 2 heterocycles. The molecule has 2 aromatic rings. The molecule has 12 heteroatoms. The van der Waals surface area contributed by atoms with Crippen molar-refractivity contribution in [3.05, 3.63) is 83.1 Å². The van der Waals surface area contributed by atoms with Crippen molar-refractivity contribution in [2.75, 3.05) is 19.8 Å². The number of carbonyl (C=O) groups excluding carboxylic acids is 2. The summed E-state index contributed by atoms with van der Waals surface area (Å²) in [6.07, 6.45) is -2.53. The highest BCUT2D eigenvalue weighted by molar-refractivity contribution is 9.10. The summed E-state index contributed by atoms with van der Waals surface area (Å²) in [6, 6.07) is 12.8. The number of hydrazine groups is 1. The molecule has 43 heavy (non-hydrogen) atoms. The third-order valence-corrected chi connectivity index (χ3v) is 7.28. The van der Waals surface area contributed by atoms with E-state index in [1.165, 1.54) is 11.1 Å². The highest BCUT2D eigenvalue weighted by Gasteiger charge is 2.44. The molecule has 2 amide bonds. The van der Waals surface area contributed by atoms with Crippen LogP contribution in [-0.2, 0) is 31.9 Å². The van der Waals surface area contributed by atoms with Gasteiger partial charge in [-0.25, -0.2) is 19.0 Å². The number of hydrogen-bond donors (Lipinski definition) is 3. The van der Waals surface area contributed by atoms with Gasteiger partial charge in [0.1, 0.15) is 17.5 Å². The Labute approximate surface area is 260 Å². The van der Waals surface area contributed by atoms with Gasteiger partial charge >= 0.3 is 12.2 Å². The molecule has 5 atom stereocenters.